The highest BCUT2D eigenvalue weighted by atomic mass is 35.5. The second-order valence-corrected chi connectivity index (χ2v) is 6.39. The number of halogens is 1. The second kappa shape index (κ2) is 6.71. The zero-order chi connectivity index (χ0) is 16.2. The zero-order valence-electron chi connectivity index (χ0n) is 12.1. The summed E-state index contributed by atoms with van der Waals surface area (Å²) >= 11 is 5.95. The fourth-order valence-corrected chi connectivity index (χ4v) is 2.17. The summed E-state index contributed by atoms with van der Waals surface area (Å²) < 4.78 is 0. The van der Waals surface area contributed by atoms with Crippen molar-refractivity contribution in [1.29, 1.82) is 0 Å². The monoisotopic (exact) mass is 315 g/mol. The summed E-state index contributed by atoms with van der Waals surface area (Å²) in [7, 11) is 0. The molecule has 0 amide bonds. The van der Waals surface area contributed by atoms with Crippen LogP contribution < -0.4 is 5.32 Å². The number of pyridine rings is 1. The molecule has 116 valence electrons. The minimum absolute atomic E-state index is 0.0830. The molecular weight excluding hydrogens is 298 g/mol. The predicted octanol–water partition coefficient (Wildman–Crippen LogP) is 3.33. The average Bonchev–Trinajstić information content (AvgIpc) is 2.28. The van der Waals surface area contributed by atoms with Crippen molar-refractivity contribution in [3.05, 3.63) is 27.4 Å². The van der Waals surface area contributed by atoms with E-state index in [0.717, 1.165) is 6.20 Å². The van der Waals surface area contributed by atoms with Crippen molar-refractivity contribution in [2.24, 2.45) is 5.41 Å². The third-order valence-corrected chi connectivity index (χ3v) is 2.95. The van der Waals surface area contributed by atoms with E-state index in [1.807, 2.05) is 20.8 Å². The lowest BCUT2D eigenvalue weighted by Gasteiger charge is -2.26. The largest absolute Gasteiger partial charge is 0.481 e. The van der Waals surface area contributed by atoms with Gasteiger partial charge >= 0.3 is 5.97 Å². The molecule has 1 unspecified atom stereocenters. The summed E-state index contributed by atoms with van der Waals surface area (Å²) in [5, 5.41) is 22.6. The van der Waals surface area contributed by atoms with Gasteiger partial charge in [-0.15, -0.1) is 0 Å². The van der Waals surface area contributed by atoms with E-state index in [0.29, 0.717) is 6.42 Å². The molecule has 1 atom stereocenters. The molecule has 1 aromatic rings. The fourth-order valence-electron chi connectivity index (χ4n) is 1.95. The van der Waals surface area contributed by atoms with Crippen LogP contribution in [0.1, 0.15) is 33.6 Å². The van der Waals surface area contributed by atoms with E-state index in [4.69, 9.17) is 16.7 Å². The summed E-state index contributed by atoms with van der Waals surface area (Å²) in [5.74, 6) is -0.687. The molecule has 1 rings (SSSR count). The number of anilines is 1. The molecule has 0 saturated heterocycles. The molecule has 0 aliphatic carbocycles. The summed E-state index contributed by atoms with van der Waals surface area (Å²) in [4.78, 5) is 24.9. The first-order chi connectivity index (χ1) is 9.58. The molecule has 2 N–H and O–H groups in total. The van der Waals surface area contributed by atoms with Crippen LogP contribution in [0.5, 0.6) is 0 Å². The Balaban J connectivity index is 2.92. The first-order valence-electron chi connectivity index (χ1n) is 6.37. The topological polar surface area (TPSA) is 105 Å². The molecule has 0 bridgehead atoms. The van der Waals surface area contributed by atoms with Crippen molar-refractivity contribution in [3.63, 3.8) is 0 Å². The molecule has 0 radical (unpaired) electrons. The van der Waals surface area contributed by atoms with Crippen LogP contribution in [0.25, 0.3) is 0 Å². The molecule has 0 aliphatic rings. The Morgan fingerprint density at radius 3 is 2.62 bits per heavy atom. The molecule has 8 heteroatoms. The first kappa shape index (κ1) is 17.2. The third-order valence-electron chi connectivity index (χ3n) is 2.66. The Morgan fingerprint density at radius 2 is 2.19 bits per heavy atom. The molecule has 0 spiro atoms. The van der Waals surface area contributed by atoms with Crippen LogP contribution in [0.4, 0.5) is 11.5 Å². The van der Waals surface area contributed by atoms with Gasteiger partial charge in [-0.05, 0) is 11.8 Å². The molecule has 1 heterocycles. The number of hydrogen-bond acceptors (Lipinski definition) is 5. The molecule has 0 saturated carbocycles. The standard InChI is InChI=1S/C13H18ClN3O4/c1-13(2,3)6-8(4-11(18)19)16-12-10(14)5-9(7-15-12)17(20)21/h5,7-8H,4,6H2,1-3H3,(H,15,16)(H,18,19). The number of carboxylic acid groups (broad SMARTS) is 1. The highest BCUT2D eigenvalue weighted by molar-refractivity contribution is 6.33. The van der Waals surface area contributed by atoms with Gasteiger partial charge in [-0.25, -0.2) is 4.98 Å². The second-order valence-electron chi connectivity index (χ2n) is 5.98. The van der Waals surface area contributed by atoms with Crippen molar-refractivity contribution < 1.29 is 14.8 Å². The van der Waals surface area contributed by atoms with E-state index in [1.165, 1.54) is 6.07 Å². The molecule has 1 aromatic heterocycles. The number of rotatable bonds is 6. The van der Waals surface area contributed by atoms with E-state index in [-0.39, 0.29) is 34.4 Å². The smallest absolute Gasteiger partial charge is 0.305 e. The van der Waals surface area contributed by atoms with Gasteiger partial charge in [0.05, 0.1) is 16.4 Å². The van der Waals surface area contributed by atoms with Crippen LogP contribution >= 0.6 is 11.6 Å². The van der Waals surface area contributed by atoms with Gasteiger partial charge in [0.1, 0.15) is 12.0 Å². The van der Waals surface area contributed by atoms with E-state index in [2.05, 4.69) is 10.3 Å². The molecular formula is C13H18ClN3O4. The zero-order valence-corrected chi connectivity index (χ0v) is 12.8. The van der Waals surface area contributed by atoms with Gasteiger partial charge < -0.3 is 10.4 Å². The average molecular weight is 316 g/mol. The van der Waals surface area contributed by atoms with Crippen LogP contribution in [0.2, 0.25) is 5.02 Å². The van der Waals surface area contributed by atoms with Gasteiger partial charge in [0.15, 0.2) is 0 Å². The minimum atomic E-state index is -0.935. The quantitative estimate of drug-likeness (QED) is 0.616. The van der Waals surface area contributed by atoms with Gasteiger partial charge in [-0.2, -0.15) is 0 Å². The molecule has 21 heavy (non-hydrogen) atoms. The van der Waals surface area contributed by atoms with E-state index >= 15 is 0 Å². The number of nitro groups is 1. The SMILES string of the molecule is CC(C)(C)CC(CC(=O)O)Nc1ncc([N+](=O)[O-])cc1Cl. The third kappa shape index (κ3) is 5.95. The van der Waals surface area contributed by atoms with Crippen molar-refractivity contribution in [1.82, 2.24) is 4.98 Å². The molecule has 0 aromatic carbocycles. The van der Waals surface area contributed by atoms with Gasteiger partial charge in [-0.3, -0.25) is 14.9 Å². The number of aliphatic carboxylic acids is 1. The lowest BCUT2D eigenvalue weighted by atomic mass is 9.87. The highest BCUT2D eigenvalue weighted by Gasteiger charge is 2.22. The number of carboxylic acids is 1. The number of aromatic nitrogens is 1. The molecule has 7 nitrogen and oxygen atoms in total. The lowest BCUT2D eigenvalue weighted by Crippen LogP contribution is -2.28. The van der Waals surface area contributed by atoms with Crippen LogP contribution in [-0.2, 0) is 4.79 Å². The van der Waals surface area contributed by atoms with Crippen LogP contribution in [0.15, 0.2) is 12.3 Å². The number of carbonyl (C=O) groups is 1. The van der Waals surface area contributed by atoms with Crippen molar-refractivity contribution in [2.45, 2.75) is 39.7 Å². The van der Waals surface area contributed by atoms with Crippen LogP contribution in [0.3, 0.4) is 0 Å². The van der Waals surface area contributed by atoms with Gasteiger partial charge in [0, 0.05) is 12.1 Å². The van der Waals surface area contributed by atoms with Crippen molar-refractivity contribution in [3.8, 4) is 0 Å². The fraction of sp³-hybridized carbons (Fsp3) is 0.538. The maximum absolute atomic E-state index is 10.9. The maximum Gasteiger partial charge on any atom is 0.305 e. The van der Waals surface area contributed by atoms with Crippen LogP contribution in [-0.4, -0.2) is 27.0 Å². The van der Waals surface area contributed by atoms with Crippen LogP contribution in [0, 0.1) is 15.5 Å². The Hall–Kier alpha value is -1.89. The van der Waals surface area contributed by atoms with E-state index < -0.39 is 10.9 Å². The highest BCUT2D eigenvalue weighted by Crippen LogP contribution is 2.28. The number of nitrogens with one attached hydrogen (secondary N) is 1. The Bertz CT molecular complexity index is 543. The normalized spacial score (nSPS) is 12.8. The van der Waals surface area contributed by atoms with Crippen molar-refractivity contribution >= 4 is 29.1 Å². The van der Waals surface area contributed by atoms with Gasteiger partial charge in [0.2, 0.25) is 0 Å². The Labute approximate surface area is 127 Å². The molecule has 0 aliphatic heterocycles. The Kier molecular flexibility index (Phi) is 5.48. The molecule has 0 fully saturated rings. The summed E-state index contributed by atoms with van der Waals surface area (Å²) in [6, 6.07) is 0.820. The van der Waals surface area contributed by atoms with Crippen molar-refractivity contribution in [2.75, 3.05) is 5.32 Å². The number of nitrogens with zero attached hydrogens (tertiary/aromatic N) is 2. The van der Waals surface area contributed by atoms with E-state index in [1.54, 1.807) is 0 Å². The van der Waals surface area contributed by atoms with Gasteiger partial charge in [0.25, 0.3) is 5.69 Å². The summed E-state index contributed by atoms with van der Waals surface area (Å²) in [6.45, 7) is 5.98. The maximum atomic E-state index is 10.9. The predicted molar refractivity (Wildman–Crippen MR) is 79.6 cm³/mol. The van der Waals surface area contributed by atoms with E-state index in [9.17, 15) is 14.9 Å². The number of hydrogen-bond donors (Lipinski definition) is 2. The van der Waals surface area contributed by atoms with Gasteiger partial charge in [-0.1, -0.05) is 32.4 Å². The minimum Gasteiger partial charge on any atom is -0.481 e. The summed E-state index contributed by atoms with van der Waals surface area (Å²) in [6.07, 6.45) is 1.59. The first-order valence-corrected chi connectivity index (χ1v) is 6.74. The Morgan fingerprint density at radius 1 is 1.57 bits per heavy atom. The lowest BCUT2D eigenvalue weighted by molar-refractivity contribution is -0.385. The summed E-state index contributed by atoms with van der Waals surface area (Å²) in [5.41, 5.74) is -0.295.